The van der Waals surface area contributed by atoms with Crippen LogP contribution < -0.4 is 0 Å². The Morgan fingerprint density at radius 2 is 2.29 bits per heavy atom. The molecule has 0 fully saturated rings. The van der Waals surface area contributed by atoms with Crippen molar-refractivity contribution >= 4 is 5.97 Å². The average Bonchev–Trinajstić information content (AvgIpc) is 2.09. The van der Waals surface area contributed by atoms with E-state index in [0.717, 1.165) is 6.07 Å². The second-order valence-corrected chi connectivity index (χ2v) is 2.90. The molecule has 72 valence electrons. The van der Waals surface area contributed by atoms with Crippen molar-refractivity contribution in [3.05, 3.63) is 34.6 Å². The summed E-state index contributed by atoms with van der Waals surface area (Å²) in [7, 11) is 0. The van der Waals surface area contributed by atoms with Gasteiger partial charge in [-0.25, -0.2) is 9.18 Å². The van der Waals surface area contributed by atoms with Crippen LogP contribution in [0.2, 0.25) is 0 Å². The topological polar surface area (TPSA) is 61.1 Å². The van der Waals surface area contributed by atoms with E-state index in [-0.39, 0.29) is 17.5 Å². The van der Waals surface area contributed by atoms with Gasteiger partial charge in [-0.3, -0.25) is 0 Å². The Bertz CT molecular complexity index is 421. The summed E-state index contributed by atoms with van der Waals surface area (Å²) in [6.45, 7) is 1.52. The Hall–Kier alpha value is -1.89. The maximum atomic E-state index is 13.1. The fourth-order valence-corrected chi connectivity index (χ4v) is 1.17. The van der Waals surface area contributed by atoms with E-state index >= 15 is 0 Å². The lowest BCUT2D eigenvalue weighted by molar-refractivity contribution is 0.0696. The quantitative estimate of drug-likeness (QED) is 0.780. The predicted octanol–water partition coefficient (Wildman–Crippen LogP) is 1.90. The zero-order valence-corrected chi connectivity index (χ0v) is 7.54. The normalized spacial score (nSPS) is 9.50. The number of aromatic carboxylic acids is 1. The van der Waals surface area contributed by atoms with Crippen LogP contribution in [-0.4, -0.2) is 11.1 Å². The van der Waals surface area contributed by atoms with Gasteiger partial charge in [-0.2, -0.15) is 5.26 Å². The molecule has 0 radical (unpaired) electrons. The predicted molar refractivity (Wildman–Crippen MR) is 47.4 cm³/mol. The SMILES string of the molecule is Cc1cc(F)c(CC#N)cc1C(=O)O. The van der Waals surface area contributed by atoms with Gasteiger partial charge in [-0.05, 0) is 24.6 Å². The van der Waals surface area contributed by atoms with Gasteiger partial charge in [0.2, 0.25) is 0 Å². The number of benzene rings is 1. The zero-order valence-electron chi connectivity index (χ0n) is 7.54. The molecule has 0 aromatic heterocycles. The third kappa shape index (κ3) is 1.88. The van der Waals surface area contributed by atoms with Crippen molar-refractivity contribution in [1.82, 2.24) is 0 Å². The van der Waals surface area contributed by atoms with Gasteiger partial charge < -0.3 is 5.11 Å². The number of halogens is 1. The molecule has 1 aromatic carbocycles. The van der Waals surface area contributed by atoms with E-state index in [1.54, 1.807) is 6.07 Å². The maximum Gasteiger partial charge on any atom is 0.335 e. The number of rotatable bonds is 2. The molecule has 0 spiro atoms. The summed E-state index contributed by atoms with van der Waals surface area (Å²) in [6, 6.07) is 4.12. The summed E-state index contributed by atoms with van der Waals surface area (Å²) in [5, 5.41) is 17.1. The smallest absolute Gasteiger partial charge is 0.335 e. The van der Waals surface area contributed by atoms with Crippen LogP contribution in [0.25, 0.3) is 0 Å². The molecule has 1 N–H and O–H groups in total. The van der Waals surface area contributed by atoms with Crippen LogP contribution in [-0.2, 0) is 6.42 Å². The molecule has 0 bridgehead atoms. The van der Waals surface area contributed by atoms with E-state index in [0.29, 0.717) is 5.56 Å². The molecule has 3 nitrogen and oxygen atoms in total. The van der Waals surface area contributed by atoms with Gasteiger partial charge in [0, 0.05) is 5.56 Å². The molecule has 0 saturated heterocycles. The lowest BCUT2D eigenvalue weighted by Gasteiger charge is -2.04. The van der Waals surface area contributed by atoms with Crippen LogP contribution in [0.5, 0.6) is 0 Å². The van der Waals surface area contributed by atoms with Gasteiger partial charge in [-0.1, -0.05) is 0 Å². The Labute approximate surface area is 80.4 Å². The third-order valence-corrected chi connectivity index (χ3v) is 1.89. The van der Waals surface area contributed by atoms with Crippen LogP contribution >= 0.6 is 0 Å². The van der Waals surface area contributed by atoms with E-state index in [2.05, 4.69) is 0 Å². The number of aryl methyl sites for hydroxylation is 1. The first-order valence-electron chi connectivity index (χ1n) is 3.95. The number of nitriles is 1. The van der Waals surface area contributed by atoms with Crippen LogP contribution in [0.4, 0.5) is 4.39 Å². The summed E-state index contributed by atoms with van der Waals surface area (Å²) in [5.74, 6) is -1.64. The second-order valence-electron chi connectivity index (χ2n) is 2.90. The molecule has 4 heteroatoms. The van der Waals surface area contributed by atoms with Crippen molar-refractivity contribution in [3.8, 4) is 6.07 Å². The molecule has 0 aliphatic carbocycles. The summed E-state index contributed by atoms with van der Waals surface area (Å²) in [5.41, 5.74) is 0.517. The summed E-state index contributed by atoms with van der Waals surface area (Å²) >= 11 is 0. The monoisotopic (exact) mass is 193 g/mol. The highest BCUT2D eigenvalue weighted by Gasteiger charge is 2.11. The molecule has 0 heterocycles. The van der Waals surface area contributed by atoms with Gasteiger partial charge in [0.25, 0.3) is 0 Å². The van der Waals surface area contributed by atoms with Crippen LogP contribution in [0, 0.1) is 24.1 Å². The van der Waals surface area contributed by atoms with Gasteiger partial charge in [0.1, 0.15) is 5.82 Å². The molecule has 14 heavy (non-hydrogen) atoms. The maximum absolute atomic E-state index is 13.1. The molecule has 0 aliphatic heterocycles. The minimum Gasteiger partial charge on any atom is -0.478 e. The fraction of sp³-hybridized carbons (Fsp3) is 0.200. The molecular formula is C10H8FNO2. The van der Waals surface area contributed by atoms with Crippen molar-refractivity contribution in [2.45, 2.75) is 13.3 Å². The van der Waals surface area contributed by atoms with E-state index in [1.807, 2.05) is 0 Å². The van der Waals surface area contributed by atoms with E-state index in [4.69, 9.17) is 10.4 Å². The average molecular weight is 193 g/mol. The first-order valence-corrected chi connectivity index (χ1v) is 3.95. The van der Waals surface area contributed by atoms with Crippen molar-refractivity contribution in [1.29, 1.82) is 5.26 Å². The van der Waals surface area contributed by atoms with E-state index in [9.17, 15) is 9.18 Å². The van der Waals surface area contributed by atoms with Gasteiger partial charge in [-0.15, -0.1) is 0 Å². The van der Waals surface area contributed by atoms with Crippen molar-refractivity contribution < 1.29 is 14.3 Å². The molecule has 0 saturated carbocycles. The second kappa shape index (κ2) is 3.88. The fourth-order valence-electron chi connectivity index (χ4n) is 1.17. The van der Waals surface area contributed by atoms with Crippen molar-refractivity contribution in [2.75, 3.05) is 0 Å². The first kappa shape index (κ1) is 10.2. The van der Waals surface area contributed by atoms with E-state index < -0.39 is 11.8 Å². The molecule has 0 amide bonds. The highest BCUT2D eigenvalue weighted by molar-refractivity contribution is 5.89. The lowest BCUT2D eigenvalue weighted by atomic mass is 10.0. The largest absolute Gasteiger partial charge is 0.478 e. The van der Waals surface area contributed by atoms with Gasteiger partial charge in [0.15, 0.2) is 0 Å². The zero-order chi connectivity index (χ0) is 10.7. The van der Waals surface area contributed by atoms with Crippen LogP contribution in [0.1, 0.15) is 21.5 Å². The standard InChI is InChI=1S/C10H8FNO2/c1-6-4-9(11)7(2-3-12)5-8(6)10(13)14/h4-5H,2H2,1H3,(H,13,14). The number of carboxylic acid groups (broad SMARTS) is 1. The molecule has 0 unspecified atom stereocenters. The Morgan fingerprint density at radius 1 is 1.64 bits per heavy atom. The summed E-state index contributed by atoms with van der Waals surface area (Å²) in [4.78, 5) is 10.7. The minimum atomic E-state index is -1.11. The molecule has 1 rings (SSSR count). The van der Waals surface area contributed by atoms with Gasteiger partial charge in [0.05, 0.1) is 18.1 Å². The van der Waals surface area contributed by atoms with Crippen molar-refractivity contribution in [2.24, 2.45) is 0 Å². The highest BCUT2D eigenvalue weighted by Crippen LogP contribution is 2.15. The first-order chi connectivity index (χ1) is 6.56. The number of carbonyl (C=O) groups is 1. The van der Waals surface area contributed by atoms with E-state index in [1.165, 1.54) is 13.0 Å². The van der Waals surface area contributed by atoms with Crippen LogP contribution in [0.15, 0.2) is 12.1 Å². The summed E-state index contributed by atoms with van der Waals surface area (Å²) < 4.78 is 13.1. The number of carboxylic acids is 1. The lowest BCUT2D eigenvalue weighted by Crippen LogP contribution is -2.03. The highest BCUT2D eigenvalue weighted by atomic mass is 19.1. The van der Waals surface area contributed by atoms with Gasteiger partial charge >= 0.3 is 5.97 Å². The molecule has 0 atom stereocenters. The number of hydrogen-bond acceptors (Lipinski definition) is 2. The Morgan fingerprint density at radius 3 is 2.79 bits per heavy atom. The molecule has 0 aliphatic rings. The van der Waals surface area contributed by atoms with Crippen molar-refractivity contribution in [3.63, 3.8) is 0 Å². The van der Waals surface area contributed by atoms with Crippen LogP contribution in [0.3, 0.4) is 0 Å². The number of hydrogen-bond donors (Lipinski definition) is 1. The minimum absolute atomic E-state index is 0.0386. The Kier molecular flexibility index (Phi) is 2.82. The third-order valence-electron chi connectivity index (χ3n) is 1.89. The molecular weight excluding hydrogens is 185 g/mol. The summed E-state index contributed by atoms with van der Waals surface area (Å²) in [6.07, 6.45) is -0.119. The Balaban J connectivity index is 3.28. The number of nitrogens with zero attached hydrogens (tertiary/aromatic N) is 1. The molecule has 1 aromatic rings.